The van der Waals surface area contributed by atoms with E-state index in [1.165, 1.54) is 0 Å². The molecule has 5 nitrogen and oxygen atoms in total. The van der Waals surface area contributed by atoms with Gasteiger partial charge in [-0.15, -0.1) is 0 Å². The van der Waals surface area contributed by atoms with E-state index in [9.17, 15) is 4.79 Å². The maximum absolute atomic E-state index is 12.5. The zero-order valence-electron chi connectivity index (χ0n) is 17.9. The summed E-state index contributed by atoms with van der Waals surface area (Å²) >= 11 is 5.60. The fraction of sp³-hybridized carbons (Fsp3) is 0.333. The number of benzene rings is 2. The van der Waals surface area contributed by atoms with Crippen molar-refractivity contribution in [2.45, 2.75) is 39.8 Å². The fourth-order valence-electron chi connectivity index (χ4n) is 3.70. The first-order valence-corrected chi connectivity index (χ1v) is 10.5. The van der Waals surface area contributed by atoms with Gasteiger partial charge in [0.2, 0.25) is 0 Å². The van der Waals surface area contributed by atoms with E-state index in [1.54, 1.807) is 14.0 Å². The van der Waals surface area contributed by atoms with E-state index in [2.05, 4.69) is 12.2 Å². The molecule has 0 saturated heterocycles. The van der Waals surface area contributed by atoms with Gasteiger partial charge in [0, 0.05) is 17.8 Å². The molecule has 1 N–H and O–H groups in total. The number of Topliss-reactive ketones (excluding diaryl/α,β-unsaturated/α-hetero) is 1. The highest BCUT2D eigenvalue weighted by Crippen LogP contribution is 2.36. The average molecular weight is 425 g/mol. The first-order chi connectivity index (χ1) is 14.5. The SMILES string of the molecule is CCCN1C(=S)NC(c2ccc(OC)c(OCc3ccccc3)c2)C(C(C)=O)=C1C. The number of carbonyl (C=O) groups is 1. The van der Waals surface area contributed by atoms with Gasteiger partial charge in [-0.3, -0.25) is 4.79 Å². The lowest BCUT2D eigenvalue weighted by atomic mass is 9.92. The molecule has 3 rings (SSSR count). The Hall–Kier alpha value is -2.86. The molecule has 2 aromatic rings. The summed E-state index contributed by atoms with van der Waals surface area (Å²) in [5, 5.41) is 3.98. The number of nitrogens with zero attached hydrogens (tertiary/aromatic N) is 1. The zero-order chi connectivity index (χ0) is 21.7. The number of methoxy groups -OCH3 is 1. The number of allylic oxidation sites excluding steroid dienone is 1. The van der Waals surface area contributed by atoms with Crippen molar-refractivity contribution >= 4 is 23.1 Å². The van der Waals surface area contributed by atoms with Gasteiger partial charge in [-0.2, -0.15) is 0 Å². The van der Waals surface area contributed by atoms with Gasteiger partial charge in [0.05, 0.1) is 13.2 Å². The van der Waals surface area contributed by atoms with Crippen molar-refractivity contribution in [2.75, 3.05) is 13.7 Å². The van der Waals surface area contributed by atoms with Gasteiger partial charge in [0.1, 0.15) is 6.61 Å². The Morgan fingerprint density at radius 3 is 2.53 bits per heavy atom. The second-order valence-corrected chi connectivity index (χ2v) is 7.66. The molecule has 158 valence electrons. The van der Waals surface area contributed by atoms with Crippen LogP contribution in [-0.2, 0) is 11.4 Å². The van der Waals surface area contributed by atoms with E-state index in [0.29, 0.717) is 23.2 Å². The predicted molar refractivity (Wildman–Crippen MR) is 123 cm³/mol. The summed E-state index contributed by atoms with van der Waals surface area (Å²) in [5.41, 5.74) is 3.59. The number of ketones is 1. The second-order valence-electron chi connectivity index (χ2n) is 7.27. The lowest BCUT2D eigenvalue weighted by molar-refractivity contribution is -0.114. The van der Waals surface area contributed by atoms with Crippen LogP contribution >= 0.6 is 12.2 Å². The molecule has 1 unspecified atom stereocenters. The molecule has 0 bridgehead atoms. The molecule has 1 atom stereocenters. The van der Waals surface area contributed by atoms with E-state index in [0.717, 1.165) is 35.4 Å². The molecule has 0 aromatic heterocycles. The van der Waals surface area contributed by atoms with Crippen LogP contribution in [0.3, 0.4) is 0 Å². The molecular formula is C24H28N2O3S. The standard InChI is InChI=1S/C24H28N2O3S/c1-5-13-26-16(2)22(17(3)27)23(25-24(26)30)19-11-12-20(28-4)21(14-19)29-15-18-9-7-6-8-10-18/h6-12,14,23H,5,13,15H2,1-4H3,(H,25,30). The Bertz CT molecular complexity index is 956. The fourth-order valence-corrected chi connectivity index (χ4v) is 4.05. The van der Waals surface area contributed by atoms with Crippen molar-refractivity contribution in [3.05, 3.63) is 70.9 Å². The molecule has 1 heterocycles. The maximum Gasteiger partial charge on any atom is 0.173 e. The minimum absolute atomic E-state index is 0.0242. The van der Waals surface area contributed by atoms with E-state index in [4.69, 9.17) is 21.7 Å². The van der Waals surface area contributed by atoms with Gasteiger partial charge >= 0.3 is 0 Å². The number of hydrogen-bond acceptors (Lipinski definition) is 4. The molecule has 6 heteroatoms. The quantitative estimate of drug-likeness (QED) is 0.616. The normalized spacial score (nSPS) is 16.3. The first-order valence-electron chi connectivity index (χ1n) is 10.1. The molecular weight excluding hydrogens is 396 g/mol. The summed E-state index contributed by atoms with van der Waals surface area (Å²) in [5.74, 6) is 1.30. The summed E-state index contributed by atoms with van der Waals surface area (Å²) in [6.07, 6.45) is 0.940. The Morgan fingerprint density at radius 1 is 1.17 bits per heavy atom. The first kappa shape index (κ1) is 21.8. The Labute approximate surface area is 183 Å². The smallest absolute Gasteiger partial charge is 0.173 e. The monoisotopic (exact) mass is 424 g/mol. The largest absolute Gasteiger partial charge is 0.493 e. The molecule has 0 fully saturated rings. The van der Waals surface area contributed by atoms with Crippen LogP contribution < -0.4 is 14.8 Å². The molecule has 1 aliphatic heterocycles. The minimum Gasteiger partial charge on any atom is -0.493 e. The molecule has 0 saturated carbocycles. The van der Waals surface area contributed by atoms with Gasteiger partial charge in [0.25, 0.3) is 0 Å². The number of nitrogens with one attached hydrogen (secondary N) is 1. The van der Waals surface area contributed by atoms with Crippen LogP contribution in [0.1, 0.15) is 44.4 Å². The molecule has 0 aliphatic carbocycles. The number of hydrogen-bond donors (Lipinski definition) is 1. The van der Waals surface area contributed by atoms with Gasteiger partial charge in [0.15, 0.2) is 22.4 Å². The Balaban J connectivity index is 1.95. The van der Waals surface area contributed by atoms with Crippen LogP contribution in [0.5, 0.6) is 11.5 Å². The number of carbonyl (C=O) groups excluding carboxylic acids is 1. The highest BCUT2D eigenvalue weighted by Gasteiger charge is 2.32. The predicted octanol–water partition coefficient (Wildman–Crippen LogP) is 4.78. The Morgan fingerprint density at radius 2 is 1.90 bits per heavy atom. The molecule has 2 aromatic carbocycles. The lowest BCUT2D eigenvalue weighted by Gasteiger charge is -2.37. The Kier molecular flexibility index (Phi) is 7.11. The van der Waals surface area contributed by atoms with Crippen molar-refractivity contribution in [3.8, 4) is 11.5 Å². The number of thiocarbonyl (C=S) groups is 1. The highest BCUT2D eigenvalue weighted by molar-refractivity contribution is 7.80. The van der Waals surface area contributed by atoms with Crippen molar-refractivity contribution in [1.29, 1.82) is 0 Å². The minimum atomic E-state index is -0.326. The third-order valence-electron chi connectivity index (χ3n) is 5.18. The highest BCUT2D eigenvalue weighted by atomic mass is 32.1. The summed E-state index contributed by atoms with van der Waals surface area (Å²) in [6.45, 7) is 6.85. The summed E-state index contributed by atoms with van der Waals surface area (Å²) < 4.78 is 11.5. The lowest BCUT2D eigenvalue weighted by Crippen LogP contribution is -2.47. The van der Waals surface area contributed by atoms with Crippen LogP contribution in [0, 0.1) is 0 Å². The van der Waals surface area contributed by atoms with Crippen LogP contribution in [0.4, 0.5) is 0 Å². The maximum atomic E-state index is 12.5. The third-order valence-corrected chi connectivity index (χ3v) is 5.52. The molecule has 0 spiro atoms. The van der Waals surface area contributed by atoms with Gasteiger partial charge in [-0.1, -0.05) is 43.3 Å². The van der Waals surface area contributed by atoms with Crippen LogP contribution in [0.2, 0.25) is 0 Å². The van der Waals surface area contributed by atoms with Gasteiger partial charge < -0.3 is 19.7 Å². The van der Waals surface area contributed by atoms with Crippen molar-refractivity contribution < 1.29 is 14.3 Å². The molecule has 0 radical (unpaired) electrons. The number of rotatable bonds is 8. The summed E-state index contributed by atoms with van der Waals surface area (Å²) in [6, 6.07) is 15.4. The number of ether oxygens (including phenoxy) is 2. The van der Waals surface area contributed by atoms with Gasteiger partial charge in [-0.25, -0.2) is 0 Å². The van der Waals surface area contributed by atoms with Crippen molar-refractivity contribution in [1.82, 2.24) is 10.2 Å². The summed E-state index contributed by atoms with van der Waals surface area (Å²) in [7, 11) is 1.62. The molecule has 0 amide bonds. The van der Waals surface area contributed by atoms with Crippen LogP contribution in [0.25, 0.3) is 0 Å². The van der Waals surface area contributed by atoms with E-state index in [-0.39, 0.29) is 11.8 Å². The summed E-state index contributed by atoms with van der Waals surface area (Å²) in [4.78, 5) is 14.5. The zero-order valence-corrected chi connectivity index (χ0v) is 18.7. The average Bonchev–Trinajstić information content (AvgIpc) is 2.75. The van der Waals surface area contributed by atoms with Crippen molar-refractivity contribution in [3.63, 3.8) is 0 Å². The topological polar surface area (TPSA) is 50.8 Å². The van der Waals surface area contributed by atoms with Crippen LogP contribution in [-0.4, -0.2) is 29.5 Å². The second kappa shape index (κ2) is 9.76. The van der Waals surface area contributed by atoms with Gasteiger partial charge in [-0.05, 0) is 55.7 Å². The van der Waals surface area contributed by atoms with E-state index in [1.807, 2.05) is 60.4 Å². The van der Waals surface area contributed by atoms with Crippen molar-refractivity contribution in [2.24, 2.45) is 0 Å². The third kappa shape index (κ3) is 4.65. The van der Waals surface area contributed by atoms with E-state index >= 15 is 0 Å². The van der Waals surface area contributed by atoms with E-state index < -0.39 is 0 Å². The van der Waals surface area contributed by atoms with Crippen LogP contribution in [0.15, 0.2) is 59.8 Å². The molecule has 1 aliphatic rings. The molecule has 30 heavy (non-hydrogen) atoms.